The molecule has 0 unspecified atom stereocenters. The monoisotopic (exact) mass is 339 g/mol. The average molecular weight is 339 g/mol. The van der Waals surface area contributed by atoms with E-state index in [-0.39, 0.29) is 5.56 Å². The molecule has 130 valence electrons. The Morgan fingerprint density at radius 3 is 2.72 bits per heavy atom. The molecule has 1 aromatic carbocycles. The van der Waals surface area contributed by atoms with Crippen molar-refractivity contribution in [1.82, 2.24) is 14.6 Å². The van der Waals surface area contributed by atoms with Gasteiger partial charge in [-0.3, -0.25) is 9.89 Å². The minimum Gasteiger partial charge on any atom is -0.494 e. The fraction of sp³-hybridized carbons (Fsp3) is 0.368. The van der Waals surface area contributed by atoms with Gasteiger partial charge in [-0.15, -0.1) is 0 Å². The number of rotatable bonds is 4. The maximum Gasteiger partial charge on any atom is 0.272 e. The molecule has 1 fully saturated rings. The van der Waals surface area contributed by atoms with E-state index in [1.807, 2.05) is 37.3 Å². The van der Waals surface area contributed by atoms with E-state index < -0.39 is 0 Å². The van der Waals surface area contributed by atoms with E-state index in [1.54, 1.807) is 6.07 Å². The first-order valence-electron chi connectivity index (χ1n) is 8.68. The second-order valence-corrected chi connectivity index (χ2v) is 6.23. The summed E-state index contributed by atoms with van der Waals surface area (Å²) >= 11 is 0. The van der Waals surface area contributed by atoms with Crippen LogP contribution in [0.15, 0.2) is 41.2 Å². The van der Waals surface area contributed by atoms with Crippen LogP contribution in [0.5, 0.6) is 5.75 Å². The molecule has 0 saturated carbocycles. The van der Waals surface area contributed by atoms with Gasteiger partial charge < -0.3 is 9.47 Å². The van der Waals surface area contributed by atoms with Crippen LogP contribution < -0.4 is 10.3 Å². The Morgan fingerprint density at radius 1 is 1.24 bits per heavy atom. The van der Waals surface area contributed by atoms with Crippen molar-refractivity contribution in [2.45, 2.75) is 25.7 Å². The molecule has 2 aromatic heterocycles. The van der Waals surface area contributed by atoms with Crippen molar-refractivity contribution in [1.29, 1.82) is 0 Å². The Labute approximate surface area is 145 Å². The van der Waals surface area contributed by atoms with Gasteiger partial charge in [0.05, 0.1) is 18.0 Å². The smallest absolute Gasteiger partial charge is 0.272 e. The molecule has 1 N–H and O–H groups in total. The molecular weight excluding hydrogens is 318 g/mol. The molecule has 1 saturated heterocycles. The number of H-pyrrole nitrogens is 1. The summed E-state index contributed by atoms with van der Waals surface area (Å²) in [6.07, 6.45) is 1.83. The third kappa shape index (κ3) is 3.17. The molecule has 0 radical (unpaired) electrons. The van der Waals surface area contributed by atoms with Crippen molar-refractivity contribution in [3.8, 4) is 17.0 Å². The van der Waals surface area contributed by atoms with Crippen molar-refractivity contribution < 1.29 is 9.47 Å². The normalized spacial score (nSPS) is 15.6. The van der Waals surface area contributed by atoms with E-state index in [0.717, 1.165) is 48.8 Å². The van der Waals surface area contributed by atoms with Gasteiger partial charge in [0.15, 0.2) is 5.65 Å². The molecule has 3 heterocycles. The summed E-state index contributed by atoms with van der Waals surface area (Å²) < 4.78 is 12.4. The largest absolute Gasteiger partial charge is 0.494 e. The van der Waals surface area contributed by atoms with Crippen LogP contribution in [0.25, 0.3) is 16.9 Å². The zero-order valence-corrected chi connectivity index (χ0v) is 14.2. The van der Waals surface area contributed by atoms with E-state index in [4.69, 9.17) is 14.5 Å². The molecule has 6 nitrogen and oxygen atoms in total. The Bertz CT molecular complexity index is 921. The van der Waals surface area contributed by atoms with Gasteiger partial charge in [-0.25, -0.2) is 9.50 Å². The highest BCUT2D eigenvalue weighted by atomic mass is 16.5. The quantitative estimate of drug-likeness (QED) is 0.793. The number of aromatic nitrogens is 3. The number of benzene rings is 1. The fourth-order valence-corrected chi connectivity index (χ4v) is 3.26. The van der Waals surface area contributed by atoms with Crippen molar-refractivity contribution in [2.75, 3.05) is 19.8 Å². The molecule has 6 heteroatoms. The first-order chi connectivity index (χ1) is 12.2. The van der Waals surface area contributed by atoms with E-state index in [0.29, 0.717) is 18.2 Å². The lowest BCUT2D eigenvalue weighted by Gasteiger charge is -2.21. The van der Waals surface area contributed by atoms with Gasteiger partial charge in [0.2, 0.25) is 0 Å². The van der Waals surface area contributed by atoms with Crippen LogP contribution >= 0.6 is 0 Å². The van der Waals surface area contributed by atoms with Crippen LogP contribution in [0.4, 0.5) is 0 Å². The van der Waals surface area contributed by atoms with Gasteiger partial charge in [0.25, 0.3) is 5.56 Å². The number of hydrogen-bond acceptors (Lipinski definition) is 4. The molecule has 25 heavy (non-hydrogen) atoms. The SMILES string of the molecule is CCOc1ccc(-c2cc3nc(C4CCOCC4)cc(=O)n3[nH]2)cc1. The highest BCUT2D eigenvalue weighted by Crippen LogP contribution is 2.26. The molecule has 1 aliphatic rings. The Kier molecular flexibility index (Phi) is 4.28. The van der Waals surface area contributed by atoms with Gasteiger partial charge in [-0.2, -0.15) is 0 Å². The number of nitrogens with one attached hydrogen (secondary N) is 1. The van der Waals surface area contributed by atoms with Crippen LogP contribution in [0, 0.1) is 0 Å². The Hall–Kier alpha value is -2.60. The minimum atomic E-state index is -0.0799. The Balaban J connectivity index is 1.69. The van der Waals surface area contributed by atoms with E-state index in [2.05, 4.69) is 5.10 Å². The highest BCUT2D eigenvalue weighted by Gasteiger charge is 2.19. The lowest BCUT2D eigenvalue weighted by molar-refractivity contribution is 0.0845. The van der Waals surface area contributed by atoms with Crippen LogP contribution in [-0.4, -0.2) is 34.4 Å². The molecule has 3 aromatic rings. The number of hydrogen-bond donors (Lipinski definition) is 1. The van der Waals surface area contributed by atoms with Crippen LogP contribution in [0.3, 0.4) is 0 Å². The maximum absolute atomic E-state index is 12.5. The summed E-state index contributed by atoms with van der Waals surface area (Å²) in [6.45, 7) is 4.06. The average Bonchev–Trinajstić information content (AvgIpc) is 3.08. The van der Waals surface area contributed by atoms with E-state index in [9.17, 15) is 4.79 Å². The molecule has 0 spiro atoms. The number of aromatic amines is 1. The first kappa shape index (κ1) is 15.9. The zero-order chi connectivity index (χ0) is 17.2. The summed E-state index contributed by atoms with van der Waals surface area (Å²) in [4.78, 5) is 17.2. The van der Waals surface area contributed by atoms with Crippen LogP contribution in [0.1, 0.15) is 31.4 Å². The van der Waals surface area contributed by atoms with Gasteiger partial charge in [0, 0.05) is 31.3 Å². The number of nitrogens with zero attached hydrogens (tertiary/aromatic N) is 2. The molecule has 4 rings (SSSR count). The topological polar surface area (TPSA) is 68.6 Å². The standard InChI is InChI=1S/C19H21N3O3/c1-2-25-15-5-3-13(4-6-15)17-11-18-20-16(12-19(23)22(18)21-17)14-7-9-24-10-8-14/h3-6,11-12,14,21H,2,7-10H2,1H3. The number of ether oxygens (including phenoxy) is 2. The minimum absolute atomic E-state index is 0.0799. The highest BCUT2D eigenvalue weighted by molar-refractivity contribution is 5.64. The molecular formula is C19H21N3O3. The predicted molar refractivity (Wildman–Crippen MR) is 95.2 cm³/mol. The first-order valence-corrected chi connectivity index (χ1v) is 8.68. The third-order valence-electron chi connectivity index (χ3n) is 4.59. The van der Waals surface area contributed by atoms with Gasteiger partial charge >= 0.3 is 0 Å². The summed E-state index contributed by atoms with van der Waals surface area (Å²) in [5.41, 5.74) is 3.28. The van der Waals surface area contributed by atoms with Crippen LogP contribution in [-0.2, 0) is 4.74 Å². The van der Waals surface area contributed by atoms with Crippen molar-refractivity contribution in [3.05, 3.63) is 52.4 Å². The van der Waals surface area contributed by atoms with Crippen molar-refractivity contribution in [3.63, 3.8) is 0 Å². The Morgan fingerprint density at radius 2 is 2.00 bits per heavy atom. The summed E-state index contributed by atoms with van der Waals surface area (Å²) in [5, 5.41) is 3.14. The van der Waals surface area contributed by atoms with E-state index >= 15 is 0 Å². The van der Waals surface area contributed by atoms with Crippen molar-refractivity contribution >= 4 is 5.65 Å². The second kappa shape index (κ2) is 6.72. The molecule has 0 amide bonds. The molecule has 0 bridgehead atoms. The van der Waals surface area contributed by atoms with Crippen LogP contribution in [0.2, 0.25) is 0 Å². The number of fused-ring (bicyclic) bond motifs is 1. The van der Waals surface area contributed by atoms with Gasteiger partial charge in [-0.05, 0) is 49.6 Å². The summed E-state index contributed by atoms with van der Waals surface area (Å²) in [6, 6.07) is 11.4. The summed E-state index contributed by atoms with van der Waals surface area (Å²) in [7, 11) is 0. The summed E-state index contributed by atoms with van der Waals surface area (Å²) in [5.74, 6) is 1.13. The third-order valence-corrected chi connectivity index (χ3v) is 4.59. The molecule has 1 aliphatic heterocycles. The van der Waals surface area contributed by atoms with Gasteiger partial charge in [0.1, 0.15) is 5.75 Å². The second-order valence-electron chi connectivity index (χ2n) is 6.23. The molecule has 0 aliphatic carbocycles. The van der Waals surface area contributed by atoms with Crippen molar-refractivity contribution in [2.24, 2.45) is 0 Å². The molecule has 0 atom stereocenters. The fourth-order valence-electron chi connectivity index (χ4n) is 3.26. The maximum atomic E-state index is 12.5. The lowest BCUT2D eigenvalue weighted by atomic mass is 9.96. The van der Waals surface area contributed by atoms with Gasteiger partial charge in [-0.1, -0.05) is 0 Å². The van der Waals surface area contributed by atoms with E-state index in [1.165, 1.54) is 4.52 Å². The lowest BCUT2D eigenvalue weighted by Crippen LogP contribution is -2.20. The zero-order valence-electron chi connectivity index (χ0n) is 14.2. The predicted octanol–water partition coefficient (Wildman–Crippen LogP) is 2.98.